The second kappa shape index (κ2) is 7.96. The van der Waals surface area contributed by atoms with Crippen molar-refractivity contribution in [2.24, 2.45) is 0 Å². The van der Waals surface area contributed by atoms with E-state index >= 15 is 0 Å². The molecule has 0 atom stereocenters. The average molecular weight is 321 g/mol. The lowest BCUT2D eigenvalue weighted by atomic mass is 9.92. The first-order valence-corrected chi connectivity index (χ1v) is 8.57. The number of para-hydroxylation sites is 1. The van der Waals surface area contributed by atoms with Gasteiger partial charge in [-0.3, -0.25) is 4.79 Å². The number of rotatable bonds is 6. The highest BCUT2D eigenvalue weighted by molar-refractivity contribution is 5.98. The van der Waals surface area contributed by atoms with Crippen LogP contribution < -0.4 is 5.32 Å². The molecule has 24 heavy (non-hydrogen) atoms. The van der Waals surface area contributed by atoms with Crippen LogP contribution in [-0.2, 0) is 4.79 Å². The third-order valence-electron chi connectivity index (χ3n) is 4.06. The van der Waals surface area contributed by atoms with E-state index in [1.807, 2.05) is 30.3 Å². The molecule has 0 unspecified atom stereocenters. The molecular weight excluding hydrogens is 294 g/mol. The third kappa shape index (κ3) is 4.35. The summed E-state index contributed by atoms with van der Waals surface area (Å²) in [6, 6.07) is 16.4. The van der Waals surface area contributed by atoms with E-state index in [1.54, 1.807) is 13.0 Å². The Hall–Kier alpha value is -2.35. The summed E-state index contributed by atoms with van der Waals surface area (Å²) in [7, 11) is 0. The molecule has 0 saturated heterocycles. The first-order chi connectivity index (χ1) is 11.4. The van der Waals surface area contributed by atoms with Gasteiger partial charge in [-0.05, 0) is 35.4 Å². The fourth-order valence-electron chi connectivity index (χ4n) is 2.84. The van der Waals surface area contributed by atoms with E-state index in [2.05, 4.69) is 51.2 Å². The second-order valence-electron chi connectivity index (χ2n) is 6.78. The summed E-state index contributed by atoms with van der Waals surface area (Å²) in [5, 5.41) is 3.57. The van der Waals surface area contributed by atoms with Crippen molar-refractivity contribution in [1.82, 2.24) is 0 Å². The fraction of sp³-hybridized carbons (Fsp3) is 0.318. The van der Waals surface area contributed by atoms with Crippen LogP contribution in [0.3, 0.4) is 0 Å². The lowest BCUT2D eigenvalue weighted by Crippen LogP contribution is -2.08. The summed E-state index contributed by atoms with van der Waals surface area (Å²) in [5.41, 5.74) is 5.52. The molecular formula is C22H27NO. The molecule has 2 nitrogen and oxygen atoms in total. The van der Waals surface area contributed by atoms with Crippen LogP contribution >= 0.6 is 0 Å². The van der Waals surface area contributed by atoms with Gasteiger partial charge >= 0.3 is 0 Å². The molecule has 0 aliphatic heterocycles. The smallest absolute Gasteiger partial charge is 0.154 e. The predicted molar refractivity (Wildman–Crippen MR) is 103 cm³/mol. The topological polar surface area (TPSA) is 29.1 Å². The monoisotopic (exact) mass is 321 g/mol. The molecule has 0 amide bonds. The van der Waals surface area contributed by atoms with E-state index in [0.29, 0.717) is 11.8 Å². The van der Waals surface area contributed by atoms with E-state index in [9.17, 15) is 4.79 Å². The molecule has 0 aromatic heterocycles. The van der Waals surface area contributed by atoms with Gasteiger partial charge in [-0.15, -0.1) is 0 Å². The van der Waals surface area contributed by atoms with Crippen molar-refractivity contribution >= 4 is 17.2 Å². The summed E-state index contributed by atoms with van der Waals surface area (Å²) >= 11 is 0. The largest absolute Gasteiger partial charge is 0.354 e. The SMILES string of the molecule is CC(=O)/C=C(/Nc1c(C(C)C)cccc1C(C)C)c1ccccc1. The number of anilines is 1. The second-order valence-corrected chi connectivity index (χ2v) is 6.78. The highest BCUT2D eigenvalue weighted by Crippen LogP contribution is 2.34. The zero-order chi connectivity index (χ0) is 17.7. The zero-order valence-electron chi connectivity index (χ0n) is 15.3. The molecule has 0 heterocycles. The van der Waals surface area contributed by atoms with Crippen molar-refractivity contribution in [1.29, 1.82) is 0 Å². The molecule has 0 saturated carbocycles. The van der Waals surface area contributed by atoms with E-state index in [4.69, 9.17) is 0 Å². The Balaban J connectivity index is 2.56. The minimum Gasteiger partial charge on any atom is -0.354 e. The highest BCUT2D eigenvalue weighted by atomic mass is 16.1. The quantitative estimate of drug-likeness (QED) is 0.663. The maximum absolute atomic E-state index is 11.7. The number of hydrogen-bond donors (Lipinski definition) is 1. The number of nitrogens with one attached hydrogen (secondary N) is 1. The van der Waals surface area contributed by atoms with Crippen LogP contribution in [0.4, 0.5) is 5.69 Å². The van der Waals surface area contributed by atoms with Crippen molar-refractivity contribution in [3.63, 3.8) is 0 Å². The molecule has 2 aromatic carbocycles. The Kier molecular flexibility index (Phi) is 5.97. The Morgan fingerprint density at radius 3 is 1.88 bits per heavy atom. The fourth-order valence-corrected chi connectivity index (χ4v) is 2.84. The first kappa shape index (κ1) is 18.0. The Morgan fingerprint density at radius 1 is 0.875 bits per heavy atom. The zero-order valence-corrected chi connectivity index (χ0v) is 15.3. The Bertz CT molecular complexity index is 701. The molecule has 0 aliphatic carbocycles. The molecule has 1 N–H and O–H groups in total. The standard InChI is InChI=1S/C22H27NO/c1-15(2)19-12-9-13-20(16(3)4)22(19)23-21(14-17(5)24)18-10-7-6-8-11-18/h6-16,23H,1-5H3/b21-14+. The summed E-state index contributed by atoms with van der Waals surface area (Å²) in [6.07, 6.45) is 1.68. The summed E-state index contributed by atoms with van der Waals surface area (Å²) in [4.78, 5) is 11.7. The van der Waals surface area contributed by atoms with E-state index in [1.165, 1.54) is 11.1 Å². The minimum atomic E-state index is 0.0366. The molecule has 2 heteroatoms. The molecule has 126 valence electrons. The summed E-state index contributed by atoms with van der Waals surface area (Å²) in [5.74, 6) is 0.843. The number of carbonyl (C=O) groups excluding carboxylic acids is 1. The Labute approximate surface area is 145 Å². The lowest BCUT2D eigenvalue weighted by molar-refractivity contribution is -0.112. The average Bonchev–Trinajstić information content (AvgIpc) is 2.54. The number of benzene rings is 2. The maximum atomic E-state index is 11.7. The van der Waals surface area contributed by atoms with Crippen molar-refractivity contribution < 1.29 is 4.79 Å². The van der Waals surface area contributed by atoms with Crippen molar-refractivity contribution in [3.8, 4) is 0 Å². The van der Waals surface area contributed by atoms with Crippen molar-refractivity contribution in [2.75, 3.05) is 5.32 Å². The maximum Gasteiger partial charge on any atom is 0.154 e. The lowest BCUT2D eigenvalue weighted by Gasteiger charge is -2.22. The van der Waals surface area contributed by atoms with Gasteiger partial charge in [0.05, 0.1) is 0 Å². The van der Waals surface area contributed by atoms with Crippen LogP contribution in [0.5, 0.6) is 0 Å². The summed E-state index contributed by atoms with van der Waals surface area (Å²) in [6.45, 7) is 10.4. The Morgan fingerprint density at radius 2 is 1.42 bits per heavy atom. The van der Waals surface area contributed by atoms with Crippen LogP contribution in [0.15, 0.2) is 54.6 Å². The van der Waals surface area contributed by atoms with Gasteiger partial charge in [-0.25, -0.2) is 0 Å². The van der Waals surface area contributed by atoms with Gasteiger partial charge in [-0.1, -0.05) is 76.2 Å². The molecule has 0 aliphatic rings. The van der Waals surface area contributed by atoms with Crippen LogP contribution in [0.1, 0.15) is 63.1 Å². The van der Waals surface area contributed by atoms with Gasteiger partial charge < -0.3 is 5.32 Å². The first-order valence-electron chi connectivity index (χ1n) is 8.57. The number of hydrogen-bond acceptors (Lipinski definition) is 2. The molecule has 0 radical (unpaired) electrons. The number of ketones is 1. The summed E-state index contributed by atoms with van der Waals surface area (Å²) < 4.78 is 0. The van der Waals surface area contributed by atoms with Crippen LogP contribution in [0.2, 0.25) is 0 Å². The molecule has 0 fully saturated rings. The molecule has 0 spiro atoms. The molecule has 2 rings (SSSR count). The molecule has 2 aromatic rings. The van der Waals surface area contributed by atoms with Crippen LogP contribution in [-0.4, -0.2) is 5.78 Å². The van der Waals surface area contributed by atoms with Crippen LogP contribution in [0, 0.1) is 0 Å². The third-order valence-corrected chi connectivity index (χ3v) is 4.06. The van der Waals surface area contributed by atoms with Gasteiger partial charge in [0.15, 0.2) is 5.78 Å². The number of allylic oxidation sites excluding steroid dienone is 1. The van der Waals surface area contributed by atoms with E-state index < -0.39 is 0 Å². The van der Waals surface area contributed by atoms with Crippen molar-refractivity contribution in [3.05, 3.63) is 71.3 Å². The van der Waals surface area contributed by atoms with Gasteiger partial charge in [0.25, 0.3) is 0 Å². The highest BCUT2D eigenvalue weighted by Gasteiger charge is 2.15. The van der Waals surface area contributed by atoms with E-state index in [0.717, 1.165) is 16.9 Å². The van der Waals surface area contributed by atoms with Gasteiger partial charge in [0.1, 0.15) is 0 Å². The van der Waals surface area contributed by atoms with Gasteiger partial charge in [-0.2, -0.15) is 0 Å². The molecule has 0 bridgehead atoms. The number of carbonyl (C=O) groups is 1. The van der Waals surface area contributed by atoms with Crippen molar-refractivity contribution in [2.45, 2.75) is 46.5 Å². The predicted octanol–water partition coefficient (Wildman–Crippen LogP) is 5.98. The van der Waals surface area contributed by atoms with E-state index in [-0.39, 0.29) is 5.78 Å². The minimum absolute atomic E-state index is 0.0366. The van der Waals surface area contributed by atoms with Crippen LogP contribution in [0.25, 0.3) is 5.70 Å². The van der Waals surface area contributed by atoms with Gasteiger partial charge in [0.2, 0.25) is 0 Å². The van der Waals surface area contributed by atoms with Gasteiger partial charge in [0, 0.05) is 17.5 Å². The normalized spacial score (nSPS) is 11.9.